The summed E-state index contributed by atoms with van der Waals surface area (Å²) in [5.74, 6) is -0.724. The second-order valence-electron chi connectivity index (χ2n) is 5.63. The molecule has 1 N–H and O–H groups in total. The van der Waals surface area contributed by atoms with E-state index in [1.165, 1.54) is 13.2 Å². The Hall–Kier alpha value is -2.53. The highest BCUT2D eigenvalue weighted by Gasteiger charge is 2.17. The Labute approximate surface area is 158 Å². The Morgan fingerprint density at radius 1 is 1.08 bits per heavy atom. The molecule has 0 aromatic heterocycles. The van der Waals surface area contributed by atoms with Crippen molar-refractivity contribution >= 4 is 29.2 Å². The molecule has 0 saturated carbocycles. The van der Waals surface area contributed by atoms with Crippen molar-refractivity contribution in [3.05, 3.63) is 58.1 Å². The Bertz CT molecular complexity index is 782. The van der Waals surface area contributed by atoms with Gasteiger partial charge in [-0.2, -0.15) is 0 Å². The van der Waals surface area contributed by atoms with Crippen LogP contribution < -0.4 is 10.1 Å². The van der Waals surface area contributed by atoms with Crippen molar-refractivity contribution in [2.24, 2.45) is 0 Å². The van der Waals surface area contributed by atoms with E-state index in [4.69, 9.17) is 21.1 Å². The van der Waals surface area contributed by atoms with Crippen LogP contribution in [0, 0.1) is 0 Å². The number of anilines is 1. The topological polar surface area (TPSA) is 64.6 Å². The average molecular weight is 376 g/mol. The lowest BCUT2D eigenvalue weighted by Gasteiger charge is -2.14. The van der Waals surface area contributed by atoms with Crippen molar-refractivity contribution in [1.82, 2.24) is 0 Å². The fourth-order valence-electron chi connectivity index (χ4n) is 2.63. The third-order valence-electron chi connectivity index (χ3n) is 3.98. The molecule has 0 spiro atoms. The fourth-order valence-corrected chi connectivity index (χ4v) is 2.80. The molecule has 2 aromatic carbocycles. The van der Waals surface area contributed by atoms with E-state index >= 15 is 0 Å². The standard InChI is InChI=1S/C20H22ClNO4/c1-4-13-7-6-8-14(5-2)19(13)22-18(23)12-26-20(24)16-11-15(21)9-10-17(16)25-3/h6-11H,4-5,12H2,1-3H3,(H,22,23). The van der Waals surface area contributed by atoms with Gasteiger partial charge in [-0.15, -0.1) is 0 Å². The summed E-state index contributed by atoms with van der Waals surface area (Å²) in [6.07, 6.45) is 1.59. The lowest BCUT2D eigenvalue weighted by Crippen LogP contribution is -2.22. The van der Waals surface area contributed by atoms with Crippen molar-refractivity contribution in [1.29, 1.82) is 0 Å². The van der Waals surface area contributed by atoms with Gasteiger partial charge in [0.15, 0.2) is 6.61 Å². The van der Waals surface area contributed by atoms with Crippen LogP contribution in [0.1, 0.15) is 35.3 Å². The highest BCUT2D eigenvalue weighted by Crippen LogP contribution is 2.24. The Kier molecular flexibility index (Phi) is 7.04. The van der Waals surface area contributed by atoms with Gasteiger partial charge in [-0.05, 0) is 42.2 Å². The molecule has 0 fully saturated rings. The van der Waals surface area contributed by atoms with Crippen molar-refractivity contribution in [3.8, 4) is 5.75 Å². The van der Waals surface area contributed by atoms with E-state index in [1.807, 2.05) is 32.0 Å². The van der Waals surface area contributed by atoms with Crippen LogP contribution in [0.5, 0.6) is 5.75 Å². The van der Waals surface area contributed by atoms with E-state index in [0.29, 0.717) is 10.8 Å². The van der Waals surface area contributed by atoms with E-state index in [0.717, 1.165) is 29.7 Å². The summed E-state index contributed by atoms with van der Waals surface area (Å²) in [6.45, 7) is 3.65. The maximum atomic E-state index is 12.3. The Morgan fingerprint density at radius 2 is 1.73 bits per heavy atom. The first kappa shape index (κ1) is 19.8. The zero-order valence-electron chi connectivity index (χ0n) is 15.1. The third-order valence-corrected chi connectivity index (χ3v) is 4.21. The number of hydrogen-bond donors (Lipinski definition) is 1. The number of aryl methyl sites for hydroxylation is 2. The van der Waals surface area contributed by atoms with Crippen LogP contribution in [0.4, 0.5) is 5.69 Å². The second-order valence-corrected chi connectivity index (χ2v) is 6.06. The summed E-state index contributed by atoms with van der Waals surface area (Å²) < 4.78 is 10.2. The van der Waals surface area contributed by atoms with Gasteiger partial charge in [-0.1, -0.05) is 43.6 Å². The van der Waals surface area contributed by atoms with Gasteiger partial charge in [0.25, 0.3) is 5.91 Å². The predicted molar refractivity (Wildman–Crippen MR) is 102 cm³/mol. The summed E-state index contributed by atoms with van der Waals surface area (Å²) in [5, 5.41) is 3.24. The van der Waals surface area contributed by atoms with E-state index in [9.17, 15) is 9.59 Å². The van der Waals surface area contributed by atoms with Crippen molar-refractivity contribution in [2.75, 3.05) is 19.0 Å². The summed E-state index contributed by atoms with van der Waals surface area (Å²) >= 11 is 5.91. The minimum Gasteiger partial charge on any atom is -0.496 e. The van der Waals surface area contributed by atoms with Gasteiger partial charge in [0.2, 0.25) is 0 Å². The Balaban J connectivity index is 2.06. The number of rotatable bonds is 7. The smallest absolute Gasteiger partial charge is 0.342 e. The lowest BCUT2D eigenvalue weighted by molar-refractivity contribution is -0.119. The molecular formula is C20H22ClNO4. The van der Waals surface area contributed by atoms with Gasteiger partial charge in [-0.3, -0.25) is 4.79 Å². The molecule has 0 aliphatic carbocycles. The molecule has 0 bridgehead atoms. The van der Waals surface area contributed by atoms with Crippen molar-refractivity contribution < 1.29 is 19.1 Å². The molecule has 138 valence electrons. The van der Waals surface area contributed by atoms with Crippen LogP contribution in [0.25, 0.3) is 0 Å². The Morgan fingerprint density at radius 3 is 2.31 bits per heavy atom. The first-order chi connectivity index (χ1) is 12.5. The lowest BCUT2D eigenvalue weighted by atomic mass is 10.0. The van der Waals surface area contributed by atoms with Crippen LogP contribution in [-0.2, 0) is 22.4 Å². The number of nitrogens with one attached hydrogen (secondary N) is 1. The molecular weight excluding hydrogens is 354 g/mol. The van der Waals surface area contributed by atoms with Crippen LogP contribution in [-0.4, -0.2) is 25.6 Å². The fraction of sp³-hybridized carbons (Fsp3) is 0.300. The van der Waals surface area contributed by atoms with Gasteiger partial charge in [0.05, 0.1) is 7.11 Å². The molecule has 0 heterocycles. The van der Waals surface area contributed by atoms with Gasteiger partial charge in [-0.25, -0.2) is 4.79 Å². The highest BCUT2D eigenvalue weighted by atomic mass is 35.5. The van der Waals surface area contributed by atoms with E-state index < -0.39 is 18.5 Å². The molecule has 0 unspecified atom stereocenters. The van der Waals surface area contributed by atoms with Crippen LogP contribution >= 0.6 is 11.6 Å². The number of esters is 1. The third kappa shape index (κ3) is 4.76. The maximum Gasteiger partial charge on any atom is 0.342 e. The molecule has 5 nitrogen and oxygen atoms in total. The number of ether oxygens (including phenoxy) is 2. The highest BCUT2D eigenvalue weighted by molar-refractivity contribution is 6.31. The molecule has 1 amide bonds. The van der Waals surface area contributed by atoms with Crippen molar-refractivity contribution in [2.45, 2.75) is 26.7 Å². The summed E-state index contributed by atoms with van der Waals surface area (Å²) in [6, 6.07) is 10.5. The summed E-state index contributed by atoms with van der Waals surface area (Å²) in [7, 11) is 1.45. The van der Waals surface area contributed by atoms with E-state index in [2.05, 4.69) is 5.32 Å². The van der Waals surface area contributed by atoms with Crippen LogP contribution in [0.3, 0.4) is 0 Å². The molecule has 2 aromatic rings. The number of para-hydroxylation sites is 1. The molecule has 0 atom stereocenters. The number of benzene rings is 2. The summed E-state index contributed by atoms with van der Waals surface area (Å²) in [5.41, 5.74) is 3.05. The zero-order valence-corrected chi connectivity index (χ0v) is 15.9. The van der Waals surface area contributed by atoms with Gasteiger partial charge >= 0.3 is 5.97 Å². The number of carbonyl (C=O) groups excluding carboxylic acids is 2. The number of amides is 1. The molecule has 26 heavy (non-hydrogen) atoms. The zero-order chi connectivity index (χ0) is 19.1. The molecule has 0 aliphatic heterocycles. The van der Waals surface area contributed by atoms with Crippen LogP contribution in [0.2, 0.25) is 5.02 Å². The number of carbonyl (C=O) groups is 2. The molecule has 6 heteroatoms. The van der Waals surface area contributed by atoms with Crippen LogP contribution in [0.15, 0.2) is 36.4 Å². The minimum absolute atomic E-state index is 0.177. The first-order valence-electron chi connectivity index (χ1n) is 8.41. The van der Waals surface area contributed by atoms with Gasteiger partial charge < -0.3 is 14.8 Å². The second kappa shape index (κ2) is 9.25. The molecule has 0 radical (unpaired) electrons. The summed E-state index contributed by atoms with van der Waals surface area (Å²) in [4.78, 5) is 24.5. The number of hydrogen-bond acceptors (Lipinski definition) is 4. The van der Waals surface area contributed by atoms with Gasteiger partial charge in [0.1, 0.15) is 11.3 Å². The average Bonchev–Trinajstić information content (AvgIpc) is 2.66. The van der Waals surface area contributed by atoms with Gasteiger partial charge in [0, 0.05) is 10.7 Å². The molecule has 2 rings (SSSR count). The minimum atomic E-state index is -0.668. The quantitative estimate of drug-likeness (QED) is 0.734. The number of methoxy groups -OCH3 is 1. The first-order valence-corrected chi connectivity index (χ1v) is 8.79. The SMILES string of the molecule is CCc1cccc(CC)c1NC(=O)COC(=O)c1cc(Cl)ccc1OC. The molecule has 0 saturated heterocycles. The number of halogens is 1. The normalized spacial score (nSPS) is 10.3. The monoisotopic (exact) mass is 375 g/mol. The van der Waals surface area contributed by atoms with E-state index in [1.54, 1.807) is 12.1 Å². The predicted octanol–water partition coefficient (Wildman–Crippen LogP) is 4.27. The largest absolute Gasteiger partial charge is 0.496 e. The van der Waals surface area contributed by atoms with E-state index in [-0.39, 0.29) is 5.56 Å². The molecule has 0 aliphatic rings. The maximum absolute atomic E-state index is 12.3. The van der Waals surface area contributed by atoms with Crippen molar-refractivity contribution in [3.63, 3.8) is 0 Å².